The van der Waals surface area contributed by atoms with Crippen LogP contribution in [0.25, 0.3) is 20.0 Å². The van der Waals surface area contributed by atoms with Gasteiger partial charge in [0.15, 0.2) is 0 Å². The van der Waals surface area contributed by atoms with Gasteiger partial charge in [-0.3, -0.25) is 0 Å². The Morgan fingerprint density at radius 2 is 1.31 bits per heavy atom. The summed E-state index contributed by atoms with van der Waals surface area (Å²) >= 11 is 0.170. The van der Waals surface area contributed by atoms with Crippen LogP contribution in [0.5, 0.6) is 0 Å². The van der Waals surface area contributed by atoms with E-state index in [0.29, 0.717) is 0 Å². The molecule has 0 spiro atoms. The second kappa shape index (κ2) is 7.47. The number of aliphatic hydroxyl groups excluding tert-OH is 1. The number of hydrogen-bond donors (Lipinski definition) is 1. The van der Waals surface area contributed by atoms with Gasteiger partial charge >= 0.3 is 160 Å². The van der Waals surface area contributed by atoms with Crippen molar-refractivity contribution in [3.63, 3.8) is 0 Å². The van der Waals surface area contributed by atoms with Crippen molar-refractivity contribution in [2.75, 3.05) is 0 Å². The molecule has 1 atom stereocenters. The molecule has 3 aromatic carbocycles. The molecule has 1 nitrogen and oxygen atoms in total. The van der Waals surface area contributed by atoms with Crippen LogP contribution < -0.4 is 0 Å². The first-order valence-corrected chi connectivity index (χ1v) is 10.4. The normalized spacial score (nSPS) is 12.1. The van der Waals surface area contributed by atoms with Crippen LogP contribution >= 0.6 is 0 Å². The van der Waals surface area contributed by atoms with E-state index in [0.717, 1.165) is 11.1 Å². The number of benzene rings is 3. The minimum absolute atomic E-state index is 0.170. The molecule has 0 aliphatic rings. The van der Waals surface area contributed by atoms with Crippen LogP contribution in [0.2, 0.25) is 0 Å². The van der Waals surface area contributed by atoms with E-state index in [2.05, 4.69) is 73.7 Å². The van der Waals surface area contributed by atoms with Crippen LogP contribution in [0.1, 0.15) is 22.8 Å². The van der Waals surface area contributed by atoms with Gasteiger partial charge in [0.1, 0.15) is 0 Å². The Hall–Kier alpha value is -2.38. The van der Waals surface area contributed by atoms with Gasteiger partial charge in [-0.05, 0) is 0 Å². The molecule has 26 heavy (non-hydrogen) atoms. The van der Waals surface area contributed by atoms with Crippen molar-refractivity contribution >= 4 is 14.5 Å². The van der Waals surface area contributed by atoms with Crippen LogP contribution in [-0.4, -0.2) is 19.6 Å². The molecule has 0 radical (unpaired) electrons. The van der Waals surface area contributed by atoms with E-state index in [1.165, 1.54) is 25.6 Å². The minimum atomic E-state index is -0.603. The van der Waals surface area contributed by atoms with Gasteiger partial charge in [0.05, 0.1) is 0 Å². The number of aryl methyl sites for hydroxylation is 1. The number of hydrogen-bond acceptors (Lipinski definition) is 1. The average Bonchev–Trinajstić information content (AvgIpc) is 3.15. The SMILES string of the molecule is Cc1ccc(C(O)c2cc(-c3ccccc3)[se]c2-c2ccccc2)cc1. The van der Waals surface area contributed by atoms with Gasteiger partial charge in [-0.2, -0.15) is 0 Å². The predicted octanol–water partition coefficient (Wildman–Crippen LogP) is 5.47. The molecular formula is C24H20OSe. The quantitative estimate of drug-likeness (QED) is 0.448. The van der Waals surface area contributed by atoms with Crippen molar-refractivity contribution in [2.45, 2.75) is 13.0 Å². The molecule has 0 saturated carbocycles. The van der Waals surface area contributed by atoms with Gasteiger partial charge < -0.3 is 0 Å². The maximum atomic E-state index is 11.1. The maximum absolute atomic E-state index is 11.1. The van der Waals surface area contributed by atoms with E-state index in [-0.39, 0.29) is 14.5 Å². The van der Waals surface area contributed by atoms with Gasteiger partial charge in [0.2, 0.25) is 0 Å². The first-order valence-electron chi connectivity index (χ1n) is 8.71. The molecule has 1 heterocycles. The molecule has 1 unspecified atom stereocenters. The molecule has 0 aliphatic heterocycles. The Balaban J connectivity index is 1.84. The summed E-state index contributed by atoms with van der Waals surface area (Å²) in [6.07, 6.45) is -0.603. The van der Waals surface area contributed by atoms with E-state index in [9.17, 15) is 5.11 Å². The monoisotopic (exact) mass is 404 g/mol. The molecule has 0 aliphatic carbocycles. The Labute approximate surface area is 160 Å². The molecule has 0 saturated heterocycles. The topological polar surface area (TPSA) is 20.2 Å². The van der Waals surface area contributed by atoms with Crippen molar-refractivity contribution in [1.82, 2.24) is 0 Å². The Bertz CT molecular complexity index is 986. The fourth-order valence-electron chi connectivity index (χ4n) is 3.10. The Morgan fingerprint density at radius 1 is 0.731 bits per heavy atom. The summed E-state index contributed by atoms with van der Waals surface area (Å²) < 4.78 is 2.59. The third-order valence-corrected chi connectivity index (χ3v) is 7.16. The number of aliphatic hydroxyl groups is 1. The first-order chi connectivity index (χ1) is 12.7. The summed E-state index contributed by atoms with van der Waals surface area (Å²) in [5.74, 6) is 0. The molecule has 0 fully saturated rings. The second-order valence-electron chi connectivity index (χ2n) is 6.44. The first kappa shape index (κ1) is 17.1. The van der Waals surface area contributed by atoms with Crippen molar-refractivity contribution in [1.29, 1.82) is 0 Å². The molecule has 4 aromatic rings. The van der Waals surface area contributed by atoms with Gasteiger partial charge in [0, 0.05) is 0 Å². The molecule has 1 N–H and O–H groups in total. The summed E-state index contributed by atoms with van der Waals surface area (Å²) in [6, 6.07) is 31.3. The summed E-state index contributed by atoms with van der Waals surface area (Å²) in [5, 5.41) is 11.1. The zero-order valence-electron chi connectivity index (χ0n) is 14.6. The van der Waals surface area contributed by atoms with E-state index < -0.39 is 6.10 Å². The van der Waals surface area contributed by atoms with Gasteiger partial charge in [-0.15, -0.1) is 0 Å². The Morgan fingerprint density at radius 3 is 1.92 bits per heavy atom. The van der Waals surface area contributed by atoms with E-state index in [1.807, 2.05) is 24.3 Å². The number of rotatable bonds is 4. The Kier molecular flexibility index (Phi) is 4.90. The zero-order valence-corrected chi connectivity index (χ0v) is 16.3. The molecule has 0 bridgehead atoms. The van der Waals surface area contributed by atoms with Crippen molar-refractivity contribution < 1.29 is 5.11 Å². The van der Waals surface area contributed by atoms with Crippen LogP contribution in [0.15, 0.2) is 91.0 Å². The summed E-state index contributed by atoms with van der Waals surface area (Å²) in [7, 11) is 0. The third kappa shape index (κ3) is 3.45. The van der Waals surface area contributed by atoms with E-state index in [1.54, 1.807) is 0 Å². The second-order valence-corrected chi connectivity index (χ2v) is 8.65. The fourth-order valence-corrected chi connectivity index (χ4v) is 5.62. The van der Waals surface area contributed by atoms with Crippen LogP contribution in [-0.2, 0) is 0 Å². The molecular weight excluding hydrogens is 383 g/mol. The van der Waals surface area contributed by atoms with Gasteiger partial charge in [0.25, 0.3) is 0 Å². The fraction of sp³-hybridized carbons (Fsp3) is 0.0833. The van der Waals surface area contributed by atoms with Crippen LogP contribution in [0.3, 0.4) is 0 Å². The van der Waals surface area contributed by atoms with Crippen LogP contribution in [0, 0.1) is 6.92 Å². The van der Waals surface area contributed by atoms with E-state index in [4.69, 9.17) is 0 Å². The molecule has 1 aromatic heterocycles. The molecule has 2 heteroatoms. The average molecular weight is 403 g/mol. The van der Waals surface area contributed by atoms with Crippen molar-refractivity contribution in [2.24, 2.45) is 0 Å². The summed E-state index contributed by atoms with van der Waals surface area (Å²) in [5.41, 5.74) is 5.62. The standard InChI is InChI=1S/C24H20OSe/c1-17-12-14-19(15-13-17)23(25)21-16-22(18-8-4-2-5-9-18)26-24(21)20-10-6-3-7-11-20/h2-16,23,25H,1H3. The summed E-state index contributed by atoms with van der Waals surface area (Å²) in [4.78, 5) is 0. The van der Waals surface area contributed by atoms with Crippen LogP contribution in [0.4, 0.5) is 0 Å². The third-order valence-electron chi connectivity index (χ3n) is 4.54. The predicted molar refractivity (Wildman–Crippen MR) is 109 cm³/mol. The molecule has 0 amide bonds. The molecule has 128 valence electrons. The summed E-state index contributed by atoms with van der Waals surface area (Å²) in [6.45, 7) is 2.07. The van der Waals surface area contributed by atoms with E-state index >= 15 is 0 Å². The van der Waals surface area contributed by atoms with Gasteiger partial charge in [-0.25, -0.2) is 0 Å². The van der Waals surface area contributed by atoms with Crippen molar-refractivity contribution in [3.8, 4) is 20.0 Å². The van der Waals surface area contributed by atoms with Crippen molar-refractivity contribution in [3.05, 3.63) is 108 Å². The zero-order chi connectivity index (χ0) is 17.9. The molecule has 4 rings (SSSR count). The van der Waals surface area contributed by atoms with Gasteiger partial charge in [-0.1, -0.05) is 0 Å².